The zero-order valence-corrected chi connectivity index (χ0v) is 14.0. The minimum Gasteiger partial charge on any atom is -0.495 e. The molecule has 0 radical (unpaired) electrons. The molecule has 2 aromatic rings. The lowest BCUT2D eigenvalue weighted by atomic mass is 10.1. The van der Waals surface area contributed by atoms with Crippen LogP contribution in [-0.2, 0) is 22.3 Å². The Balaban J connectivity index is 2.08. The van der Waals surface area contributed by atoms with Crippen molar-refractivity contribution in [2.75, 3.05) is 7.11 Å². The molecule has 0 saturated heterocycles. The lowest BCUT2D eigenvalue weighted by molar-refractivity contribution is 0.414. The third kappa shape index (κ3) is 4.47. The van der Waals surface area contributed by atoms with Gasteiger partial charge in [-0.1, -0.05) is 41.9 Å². The van der Waals surface area contributed by atoms with Crippen molar-refractivity contribution < 1.29 is 13.2 Å². The summed E-state index contributed by atoms with van der Waals surface area (Å²) in [6.07, 6.45) is 0. The van der Waals surface area contributed by atoms with Gasteiger partial charge < -0.3 is 4.74 Å². The molecule has 0 amide bonds. The highest BCUT2D eigenvalue weighted by molar-refractivity contribution is 7.88. The van der Waals surface area contributed by atoms with Gasteiger partial charge in [0.25, 0.3) is 0 Å². The molecule has 0 spiro atoms. The molecule has 0 heterocycles. The van der Waals surface area contributed by atoms with E-state index in [1.54, 1.807) is 31.4 Å². The zero-order chi connectivity index (χ0) is 16.2. The molecular weight excluding hydrogens is 322 g/mol. The van der Waals surface area contributed by atoms with Crippen molar-refractivity contribution in [1.82, 2.24) is 4.72 Å². The Bertz CT molecular complexity index is 745. The van der Waals surface area contributed by atoms with E-state index in [0.29, 0.717) is 10.8 Å². The molecule has 22 heavy (non-hydrogen) atoms. The third-order valence-electron chi connectivity index (χ3n) is 3.29. The number of methoxy groups -OCH3 is 1. The molecule has 0 atom stereocenters. The summed E-state index contributed by atoms with van der Waals surface area (Å²) >= 11 is 6.08. The maximum atomic E-state index is 12.1. The first kappa shape index (κ1) is 16.8. The van der Waals surface area contributed by atoms with Crippen molar-refractivity contribution in [3.63, 3.8) is 0 Å². The van der Waals surface area contributed by atoms with Crippen molar-refractivity contribution in [3.8, 4) is 5.75 Å². The highest BCUT2D eigenvalue weighted by Crippen LogP contribution is 2.27. The van der Waals surface area contributed by atoms with Crippen molar-refractivity contribution >= 4 is 21.6 Å². The van der Waals surface area contributed by atoms with Crippen LogP contribution in [0.15, 0.2) is 42.5 Å². The molecule has 118 valence electrons. The SMILES string of the molecule is COc1cc(C)c(CNS(=O)(=O)Cc2ccccc2)cc1Cl. The van der Waals surface area contributed by atoms with E-state index in [9.17, 15) is 8.42 Å². The first-order chi connectivity index (χ1) is 10.4. The van der Waals surface area contributed by atoms with E-state index in [2.05, 4.69) is 4.72 Å². The maximum Gasteiger partial charge on any atom is 0.216 e. The Kier molecular flexibility index (Phi) is 5.45. The number of rotatable bonds is 6. The minimum atomic E-state index is -3.40. The van der Waals surface area contributed by atoms with Crippen LogP contribution in [0.2, 0.25) is 5.02 Å². The van der Waals surface area contributed by atoms with E-state index >= 15 is 0 Å². The summed E-state index contributed by atoms with van der Waals surface area (Å²) in [5.74, 6) is 0.534. The van der Waals surface area contributed by atoms with Gasteiger partial charge in [0, 0.05) is 6.54 Å². The van der Waals surface area contributed by atoms with E-state index in [-0.39, 0.29) is 12.3 Å². The second-order valence-corrected chi connectivity index (χ2v) is 7.19. The maximum absolute atomic E-state index is 12.1. The summed E-state index contributed by atoms with van der Waals surface area (Å²) in [6, 6.07) is 12.6. The summed E-state index contributed by atoms with van der Waals surface area (Å²) in [5, 5.41) is 0.463. The van der Waals surface area contributed by atoms with E-state index in [1.165, 1.54) is 0 Å². The van der Waals surface area contributed by atoms with Gasteiger partial charge in [0.2, 0.25) is 10.0 Å². The van der Waals surface area contributed by atoms with Gasteiger partial charge in [0.1, 0.15) is 5.75 Å². The van der Waals surface area contributed by atoms with Gasteiger partial charge in [-0.15, -0.1) is 0 Å². The van der Waals surface area contributed by atoms with Crippen molar-refractivity contribution in [2.24, 2.45) is 0 Å². The lowest BCUT2D eigenvalue weighted by Gasteiger charge is -2.11. The van der Waals surface area contributed by atoms with Crippen LogP contribution in [0, 0.1) is 6.92 Å². The lowest BCUT2D eigenvalue weighted by Crippen LogP contribution is -2.25. The van der Waals surface area contributed by atoms with Crippen LogP contribution in [0.4, 0.5) is 0 Å². The van der Waals surface area contributed by atoms with Gasteiger partial charge in [0.05, 0.1) is 17.9 Å². The normalized spacial score (nSPS) is 11.4. The number of ether oxygens (including phenoxy) is 1. The predicted molar refractivity (Wildman–Crippen MR) is 88.6 cm³/mol. The van der Waals surface area contributed by atoms with Gasteiger partial charge in [-0.2, -0.15) is 0 Å². The first-order valence-corrected chi connectivity index (χ1v) is 8.78. The topological polar surface area (TPSA) is 55.4 Å². The summed E-state index contributed by atoms with van der Waals surface area (Å²) in [5.41, 5.74) is 2.49. The Morgan fingerprint density at radius 2 is 1.86 bits per heavy atom. The second-order valence-electron chi connectivity index (χ2n) is 4.98. The van der Waals surface area contributed by atoms with Crippen molar-refractivity contribution in [1.29, 1.82) is 0 Å². The summed E-state index contributed by atoms with van der Waals surface area (Å²) < 4.78 is 32.0. The Hall–Kier alpha value is -1.56. The molecule has 0 bridgehead atoms. The standard InChI is InChI=1S/C16H18ClNO3S/c1-12-8-16(21-2)15(17)9-14(12)10-18-22(19,20)11-13-6-4-3-5-7-13/h3-9,18H,10-11H2,1-2H3. The average Bonchev–Trinajstić information content (AvgIpc) is 2.48. The van der Waals surface area contributed by atoms with Crippen LogP contribution in [0.25, 0.3) is 0 Å². The Morgan fingerprint density at radius 1 is 1.18 bits per heavy atom. The summed E-state index contributed by atoms with van der Waals surface area (Å²) in [7, 11) is -1.86. The number of aryl methyl sites for hydroxylation is 1. The predicted octanol–water partition coefficient (Wildman–Crippen LogP) is 3.28. The Labute approximate surface area is 136 Å². The molecule has 1 N–H and O–H groups in total. The molecule has 0 aliphatic rings. The quantitative estimate of drug-likeness (QED) is 0.878. The second kappa shape index (κ2) is 7.13. The van der Waals surface area contributed by atoms with Crippen LogP contribution in [-0.4, -0.2) is 15.5 Å². The van der Waals surface area contributed by atoms with Gasteiger partial charge >= 0.3 is 0 Å². The fraction of sp³-hybridized carbons (Fsp3) is 0.250. The molecule has 0 aliphatic heterocycles. The van der Waals surface area contributed by atoms with E-state index in [0.717, 1.165) is 16.7 Å². The van der Waals surface area contributed by atoms with Gasteiger partial charge in [-0.05, 0) is 35.7 Å². The molecule has 0 saturated carbocycles. The third-order valence-corrected chi connectivity index (χ3v) is 4.89. The largest absolute Gasteiger partial charge is 0.495 e. The van der Waals surface area contributed by atoms with E-state index in [1.807, 2.05) is 25.1 Å². The molecule has 0 unspecified atom stereocenters. The van der Waals surface area contributed by atoms with Gasteiger partial charge in [0.15, 0.2) is 0 Å². The molecule has 0 aromatic heterocycles. The smallest absolute Gasteiger partial charge is 0.216 e. The molecule has 2 rings (SSSR count). The number of hydrogen-bond acceptors (Lipinski definition) is 3. The number of nitrogens with one attached hydrogen (secondary N) is 1. The number of sulfonamides is 1. The summed E-state index contributed by atoms with van der Waals surface area (Å²) in [4.78, 5) is 0. The fourth-order valence-corrected chi connectivity index (χ4v) is 3.45. The fourth-order valence-electron chi connectivity index (χ4n) is 2.08. The highest BCUT2D eigenvalue weighted by atomic mass is 35.5. The molecule has 2 aromatic carbocycles. The van der Waals surface area contributed by atoms with E-state index < -0.39 is 10.0 Å². The van der Waals surface area contributed by atoms with Crippen LogP contribution in [0.5, 0.6) is 5.75 Å². The highest BCUT2D eigenvalue weighted by Gasteiger charge is 2.13. The molecule has 4 nitrogen and oxygen atoms in total. The van der Waals surface area contributed by atoms with Crippen molar-refractivity contribution in [3.05, 3.63) is 64.2 Å². The average molecular weight is 340 g/mol. The van der Waals surface area contributed by atoms with Crippen LogP contribution in [0.1, 0.15) is 16.7 Å². The van der Waals surface area contributed by atoms with E-state index in [4.69, 9.17) is 16.3 Å². The van der Waals surface area contributed by atoms with Crippen molar-refractivity contribution in [2.45, 2.75) is 19.2 Å². The van der Waals surface area contributed by atoms with Gasteiger partial charge in [-0.25, -0.2) is 13.1 Å². The summed E-state index contributed by atoms with van der Waals surface area (Å²) in [6.45, 7) is 2.09. The molecular formula is C16H18ClNO3S. The van der Waals surface area contributed by atoms with Gasteiger partial charge in [-0.3, -0.25) is 0 Å². The number of hydrogen-bond donors (Lipinski definition) is 1. The molecule has 6 heteroatoms. The monoisotopic (exact) mass is 339 g/mol. The van der Waals surface area contributed by atoms with Crippen LogP contribution < -0.4 is 9.46 Å². The Morgan fingerprint density at radius 3 is 2.50 bits per heavy atom. The number of halogens is 1. The zero-order valence-electron chi connectivity index (χ0n) is 12.5. The molecule has 0 aliphatic carbocycles. The van der Waals surface area contributed by atoms with Crippen LogP contribution in [0.3, 0.4) is 0 Å². The van der Waals surface area contributed by atoms with Crippen LogP contribution >= 0.6 is 11.6 Å². The molecule has 0 fully saturated rings. The minimum absolute atomic E-state index is 0.0449. The number of benzene rings is 2. The first-order valence-electron chi connectivity index (χ1n) is 6.75.